The Kier molecular flexibility index (Phi) is 5.07. The van der Waals surface area contributed by atoms with Crippen LogP contribution in [-0.2, 0) is 6.42 Å². The van der Waals surface area contributed by atoms with Crippen LogP contribution in [0.25, 0.3) is 0 Å². The van der Waals surface area contributed by atoms with Crippen LogP contribution in [0.1, 0.15) is 38.2 Å². The second-order valence-electron chi connectivity index (χ2n) is 5.04. The number of anilines is 1. The quantitative estimate of drug-likeness (QED) is 0.898. The SMILES string of the molecule is CCN(c1ccc(CCN)c(Br)c1)C1CCCC1. The highest BCUT2D eigenvalue weighted by molar-refractivity contribution is 9.10. The van der Waals surface area contributed by atoms with Gasteiger partial charge in [0.05, 0.1) is 0 Å². The van der Waals surface area contributed by atoms with E-state index >= 15 is 0 Å². The topological polar surface area (TPSA) is 29.3 Å². The molecule has 0 saturated heterocycles. The van der Waals surface area contributed by atoms with Crippen LogP contribution < -0.4 is 10.6 Å². The number of hydrogen-bond acceptors (Lipinski definition) is 2. The Bertz CT molecular complexity index is 386. The third kappa shape index (κ3) is 3.07. The first kappa shape index (κ1) is 13.9. The van der Waals surface area contributed by atoms with Gasteiger partial charge in [-0.2, -0.15) is 0 Å². The molecule has 0 radical (unpaired) electrons. The molecule has 1 fully saturated rings. The van der Waals surface area contributed by atoms with E-state index in [1.807, 2.05) is 0 Å². The summed E-state index contributed by atoms with van der Waals surface area (Å²) in [6.07, 6.45) is 6.39. The molecule has 0 bridgehead atoms. The molecule has 1 aliphatic rings. The Morgan fingerprint density at radius 2 is 2.06 bits per heavy atom. The summed E-state index contributed by atoms with van der Waals surface area (Å²) in [5, 5.41) is 0. The van der Waals surface area contributed by atoms with Gasteiger partial charge in [0.15, 0.2) is 0 Å². The van der Waals surface area contributed by atoms with Crippen LogP contribution in [0.4, 0.5) is 5.69 Å². The number of hydrogen-bond donors (Lipinski definition) is 1. The van der Waals surface area contributed by atoms with Crippen LogP contribution in [0.3, 0.4) is 0 Å². The predicted molar refractivity (Wildman–Crippen MR) is 82.2 cm³/mol. The molecule has 1 saturated carbocycles. The van der Waals surface area contributed by atoms with E-state index in [4.69, 9.17) is 5.73 Å². The van der Waals surface area contributed by atoms with E-state index in [1.165, 1.54) is 41.4 Å². The fraction of sp³-hybridized carbons (Fsp3) is 0.600. The summed E-state index contributed by atoms with van der Waals surface area (Å²) in [5.74, 6) is 0. The molecule has 0 unspecified atom stereocenters. The van der Waals surface area contributed by atoms with Crippen molar-refractivity contribution < 1.29 is 0 Å². The molecule has 0 atom stereocenters. The summed E-state index contributed by atoms with van der Waals surface area (Å²) >= 11 is 3.67. The summed E-state index contributed by atoms with van der Waals surface area (Å²) < 4.78 is 1.20. The molecule has 100 valence electrons. The molecule has 3 heteroatoms. The maximum absolute atomic E-state index is 5.62. The highest BCUT2D eigenvalue weighted by atomic mass is 79.9. The van der Waals surface area contributed by atoms with Crippen molar-refractivity contribution in [1.29, 1.82) is 0 Å². The first-order valence-corrected chi connectivity index (χ1v) is 7.80. The zero-order valence-electron chi connectivity index (χ0n) is 11.2. The largest absolute Gasteiger partial charge is 0.369 e. The average Bonchev–Trinajstić information content (AvgIpc) is 2.87. The summed E-state index contributed by atoms with van der Waals surface area (Å²) in [4.78, 5) is 2.55. The maximum Gasteiger partial charge on any atom is 0.0380 e. The van der Waals surface area contributed by atoms with Crippen molar-refractivity contribution in [2.24, 2.45) is 5.73 Å². The summed E-state index contributed by atoms with van der Waals surface area (Å²) in [5.41, 5.74) is 8.28. The fourth-order valence-electron chi connectivity index (χ4n) is 2.94. The maximum atomic E-state index is 5.62. The van der Waals surface area contributed by atoms with Gasteiger partial charge in [0.2, 0.25) is 0 Å². The number of benzene rings is 1. The molecule has 2 nitrogen and oxygen atoms in total. The van der Waals surface area contributed by atoms with Crippen LogP contribution in [0.15, 0.2) is 22.7 Å². The van der Waals surface area contributed by atoms with Gasteiger partial charge >= 0.3 is 0 Å². The van der Waals surface area contributed by atoms with Crippen molar-refractivity contribution in [3.63, 3.8) is 0 Å². The highest BCUT2D eigenvalue weighted by Crippen LogP contribution is 2.30. The third-order valence-corrected chi connectivity index (χ3v) is 4.63. The van der Waals surface area contributed by atoms with E-state index < -0.39 is 0 Å². The predicted octanol–water partition coefficient (Wildman–Crippen LogP) is 3.72. The van der Waals surface area contributed by atoms with E-state index in [1.54, 1.807) is 0 Å². The second-order valence-corrected chi connectivity index (χ2v) is 5.89. The van der Waals surface area contributed by atoms with Gasteiger partial charge in [0, 0.05) is 22.7 Å². The first-order valence-electron chi connectivity index (χ1n) is 7.01. The lowest BCUT2D eigenvalue weighted by atomic mass is 10.1. The van der Waals surface area contributed by atoms with Gasteiger partial charge in [0.25, 0.3) is 0 Å². The molecule has 1 aromatic carbocycles. The van der Waals surface area contributed by atoms with Gasteiger partial charge in [-0.15, -0.1) is 0 Å². The van der Waals surface area contributed by atoms with Crippen LogP contribution in [0.2, 0.25) is 0 Å². The summed E-state index contributed by atoms with van der Waals surface area (Å²) in [6, 6.07) is 7.45. The molecule has 2 N–H and O–H groups in total. The standard InChI is InChI=1S/C15H23BrN2/c1-2-18(13-5-3-4-6-13)14-8-7-12(9-10-17)15(16)11-14/h7-8,11,13H,2-6,9-10,17H2,1H3. The molecule has 0 aromatic heterocycles. The van der Waals surface area contributed by atoms with Crippen molar-refractivity contribution in [2.45, 2.75) is 45.1 Å². The van der Waals surface area contributed by atoms with Gasteiger partial charge < -0.3 is 10.6 Å². The lowest BCUT2D eigenvalue weighted by molar-refractivity contribution is 0.619. The molecular weight excluding hydrogens is 288 g/mol. The zero-order chi connectivity index (χ0) is 13.0. The Hall–Kier alpha value is -0.540. The number of nitrogens with zero attached hydrogens (tertiary/aromatic N) is 1. The molecule has 0 amide bonds. The lowest BCUT2D eigenvalue weighted by Gasteiger charge is -2.30. The van der Waals surface area contributed by atoms with Crippen LogP contribution >= 0.6 is 15.9 Å². The first-order chi connectivity index (χ1) is 8.76. The molecular formula is C15H23BrN2. The average molecular weight is 311 g/mol. The van der Waals surface area contributed by atoms with Crippen LogP contribution in [-0.4, -0.2) is 19.1 Å². The van der Waals surface area contributed by atoms with Crippen molar-refractivity contribution in [3.8, 4) is 0 Å². The summed E-state index contributed by atoms with van der Waals surface area (Å²) in [6.45, 7) is 4.05. The molecule has 0 aliphatic heterocycles. The molecule has 0 spiro atoms. The normalized spacial score (nSPS) is 16.2. The van der Waals surface area contributed by atoms with Gasteiger partial charge in [-0.1, -0.05) is 34.8 Å². The molecule has 1 aromatic rings. The number of halogens is 1. The van der Waals surface area contributed by atoms with E-state index in [0.29, 0.717) is 6.54 Å². The minimum absolute atomic E-state index is 0.706. The highest BCUT2D eigenvalue weighted by Gasteiger charge is 2.21. The molecule has 2 rings (SSSR count). The third-order valence-electron chi connectivity index (χ3n) is 3.89. The van der Waals surface area contributed by atoms with Crippen LogP contribution in [0.5, 0.6) is 0 Å². The van der Waals surface area contributed by atoms with E-state index in [0.717, 1.165) is 19.0 Å². The van der Waals surface area contributed by atoms with Crippen molar-refractivity contribution in [1.82, 2.24) is 0 Å². The van der Waals surface area contributed by atoms with E-state index in [-0.39, 0.29) is 0 Å². The number of nitrogens with two attached hydrogens (primary N) is 1. The smallest absolute Gasteiger partial charge is 0.0380 e. The van der Waals surface area contributed by atoms with Gasteiger partial charge in [-0.05, 0) is 50.4 Å². The minimum atomic E-state index is 0.706. The zero-order valence-corrected chi connectivity index (χ0v) is 12.7. The second kappa shape index (κ2) is 6.58. The van der Waals surface area contributed by atoms with Gasteiger partial charge in [-0.3, -0.25) is 0 Å². The molecule has 0 heterocycles. The van der Waals surface area contributed by atoms with Crippen LogP contribution in [0, 0.1) is 0 Å². The van der Waals surface area contributed by atoms with Crippen molar-refractivity contribution in [2.75, 3.05) is 18.0 Å². The molecule has 18 heavy (non-hydrogen) atoms. The Balaban J connectivity index is 2.17. The Morgan fingerprint density at radius 1 is 1.33 bits per heavy atom. The van der Waals surface area contributed by atoms with E-state index in [9.17, 15) is 0 Å². The van der Waals surface area contributed by atoms with Gasteiger partial charge in [0.1, 0.15) is 0 Å². The Labute approximate surface area is 119 Å². The van der Waals surface area contributed by atoms with Gasteiger partial charge in [-0.25, -0.2) is 0 Å². The molecule has 1 aliphatic carbocycles. The minimum Gasteiger partial charge on any atom is -0.369 e. The van der Waals surface area contributed by atoms with Crippen molar-refractivity contribution in [3.05, 3.63) is 28.2 Å². The van der Waals surface area contributed by atoms with Crippen molar-refractivity contribution >= 4 is 21.6 Å². The monoisotopic (exact) mass is 310 g/mol. The lowest BCUT2D eigenvalue weighted by Crippen LogP contribution is -2.32. The Morgan fingerprint density at radius 3 is 2.61 bits per heavy atom. The van der Waals surface area contributed by atoms with E-state index in [2.05, 4.69) is 46.0 Å². The fourth-order valence-corrected chi connectivity index (χ4v) is 3.51. The summed E-state index contributed by atoms with van der Waals surface area (Å²) in [7, 11) is 0. The number of rotatable bonds is 5.